The fraction of sp³-hybridized carbons (Fsp3) is 0.571. The first-order chi connectivity index (χ1) is 7.38. The van der Waals surface area contributed by atoms with E-state index < -0.39 is 0 Å². The lowest BCUT2D eigenvalue weighted by Crippen LogP contribution is -2.38. The van der Waals surface area contributed by atoms with E-state index in [2.05, 4.69) is 59.3 Å². The standard InChI is InChI=1S/C14H24NO/c1-12(2)13-6-8-14(9-7-13)16-11-10-15(3,4)5/h6-9,12H,10-11H2,1-5H3/q+1. The summed E-state index contributed by atoms with van der Waals surface area (Å²) in [6, 6.07) is 8.41. The topological polar surface area (TPSA) is 9.23 Å². The first-order valence-electron chi connectivity index (χ1n) is 5.92. The maximum atomic E-state index is 5.70. The zero-order valence-corrected chi connectivity index (χ0v) is 11.2. The van der Waals surface area contributed by atoms with Crippen molar-refractivity contribution >= 4 is 0 Å². The van der Waals surface area contributed by atoms with Crippen LogP contribution in [-0.4, -0.2) is 38.8 Å². The minimum atomic E-state index is 0.584. The Morgan fingerprint density at radius 3 is 2.06 bits per heavy atom. The van der Waals surface area contributed by atoms with Crippen LogP contribution in [0.5, 0.6) is 5.75 Å². The molecule has 0 saturated carbocycles. The molecular weight excluding hydrogens is 198 g/mol. The molecule has 0 aliphatic rings. The third kappa shape index (κ3) is 4.67. The molecule has 0 amide bonds. The van der Waals surface area contributed by atoms with Crippen molar-refractivity contribution in [2.24, 2.45) is 0 Å². The zero-order chi connectivity index (χ0) is 12.2. The van der Waals surface area contributed by atoms with Gasteiger partial charge < -0.3 is 9.22 Å². The largest absolute Gasteiger partial charge is 0.488 e. The molecule has 0 saturated heterocycles. The quantitative estimate of drug-likeness (QED) is 0.696. The van der Waals surface area contributed by atoms with Gasteiger partial charge in [0.1, 0.15) is 18.9 Å². The highest BCUT2D eigenvalue weighted by atomic mass is 16.5. The summed E-state index contributed by atoms with van der Waals surface area (Å²) in [5.74, 6) is 1.55. The summed E-state index contributed by atoms with van der Waals surface area (Å²) in [6.45, 7) is 6.19. The van der Waals surface area contributed by atoms with Gasteiger partial charge in [-0.05, 0) is 23.6 Å². The number of rotatable bonds is 5. The number of nitrogens with zero attached hydrogens (tertiary/aromatic N) is 1. The summed E-state index contributed by atoms with van der Waals surface area (Å²) in [6.07, 6.45) is 0. The number of benzene rings is 1. The highest BCUT2D eigenvalue weighted by Crippen LogP contribution is 2.18. The van der Waals surface area contributed by atoms with E-state index in [9.17, 15) is 0 Å². The van der Waals surface area contributed by atoms with Crippen LogP contribution in [0, 0.1) is 0 Å². The molecule has 2 heteroatoms. The van der Waals surface area contributed by atoms with E-state index in [1.165, 1.54) is 5.56 Å². The number of hydrogen-bond acceptors (Lipinski definition) is 1. The highest BCUT2D eigenvalue weighted by molar-refractivity contribution is 5.28. The van der Waals surface area contributed by atoms with Gasteiger partial charge in [0.15, 0.2) is 0 Å². The Morgan fingerprint density at radius 1 is 1.06 bits per heavy atom. The van der Waals surface area contributed by atoms with E-state index in [0.29, 0.717) is 5.92 Å². The fourth-order valence-electron chi connectivity index (χ4n) is 1.39. The van der Waals surface area contributed by atoms with Crippen molar-refractivity contribution in [1.29, 1.82) is 0 Å². The third-order valence-corrected chi connectivity index (χ3v) is 2.58. The zero-order valence-electron chi connectivity index (χ0n) is 11.2. The van der Waals surface area contributed by atoms with Crippen molar-refractivity contribution in [3.8, 4) is 5.75 Å². The van der Waals surface area contributed by atoms with Gasteiger partial charge in [0.05, 0.1) is 21.1 Å². The van der Waals surface area contributed by atoms with E-state index in [0.717, 1.165) is 23.4 Å². The van der Waals surface area contributed by atoms with Crippen LogP contribution in [-0.2, 0) is 0 Å². The summed E-state index contributed by atoms with van der Waals surface area (Å²) < 4.78 is 6.64. The molecule has 0 atom stereocenters. The number of ether oxygens (including phenoxy) is 1. The van der Waals surface area contributed by atoms with Crippen LogP contribution in [0.3, 0.4) is 0 Å². The van der Waals surface area contributed by atoms with Gasteiger partial charge in [0, 0.05) is 0 Å². The Hall–Kier alpha value is -1.02. The van der Waals surface area contributed by atoms with E-state index in [-0.39, 0.29) is 0 Å². The monoisotopic (exact) mass is 222 g/mol. The van der Waals surface area contributed by atoms with Gasteiger partial charge in [-0.1, -0.05) is 26.0 Å². The lowest BCUT2D eigenvalue weighted by atomic mass is 10.0. The molecule has 1 aromatic rings. The maximum Gasteiger partial charge on any atom is 0.137 e. The van der Waals surface area contributed by atoms with E-state index in [1.807, 2.05) is 0 Å². The molecule has 90 valence electrons. The third-order valence-electron chi connectivity index (χ3n) is 2.58. The van der Waals surface area contributed by atoms with Gasteiger partial charge in [-0.25, -0.2) is 0 Å². The predicted octanol–water partition coefficient (Wildman–Crippen LogP) is 2.90. The molecule has 2 nitrogen and oxygen atoms in total. The molecule has 0 heterocycles. The molecule has 0 N–H and O–H groups in total. The van der Waals surface area contributed by atoms with Crippen molar-refractivity contribution < 1.29 is 9.22 Å². The van der Waals surface area contributed by atoms with E-state index >= 15 is 0 Å². The second-order valence-corrected chi connectivity index (χ2v) is 5.59. The van der Waals surface area contributed by atoms with Gasteiger partial charge in [0.2, 0.25) is 0 Å². The van der Waals surface area contributed by atoms with Crippen molar-refractivity contribution in [1.82, 2.24) is 0 Å². The average molecular weight is 222 g/mol. The SMILES string of the molecule is CC(C)c1ccc(OCC[N+](C)(C)C)cc1. The molecule has 0 radical (unpaired) electrons. The van der Waals surface area contributed by atoms with Gasteiger partial charge in [-0.3, -0.25) is 0 Å². The second-order valence-electron chi connectivity index (χ2n) is 5.59. The van der Waals surface area contributed by atoms with Crippen molar-refractivity contribution in [3.05, 3.63) is 29.8 Å². The lowest BCUT2D eigenvalue weighted by Gasteiger charge is -2.23. The Labute approximate surface area is 99.4 Å². The minimum Gasteiger partial charge on any atom is -0.488 e. The van der Waals surface area contributed by atoms with Crippen LogP contribution in [0.2, 0.25) is 0 Å². The highest BCUT2D eigenvalue weighted by Gasteiger charge is 2.06. The first kappa shape index (κ1) is 13.0. The van der Waals surface area contributed by atoms with E-state index in [4.69, 9.17) is 4.74 Å². The minimum absolute atomic E-state index is 0.584. The Bertz CT molecular complexity index is 309. The van der Waals surface area contributed by atoms with Crippen molar-refractivity contribution in [2.45, 2.75) is 19.8 Å². The summed E-state index contributed by atoms with van der Waals surface area (Å²) in [5, 5.41) is 0. The lowest BCUT2D eigenvalue weighted by molar-refractivity contribution is -0.870. The molecule has 0 aliphatic carbocycles. The predicted molar refractivity (Wildman–Crippen MR) is 68.9 cm³/mol. The number of likely N-dealkylation sites (N-methyl/N-ethyl adjacent to an activating group) is 1. The molecule has 0 aliphatic heterocycles. The number of hydrogen-bond donors (Lipinski definition) is 0. The van der Waals surface area contributed by atoms with Crippen molar-refractivity contribution in [2.75, 3.05) is 34.3 Å². The molecule has 16 heavy (non-hydrogen) atoms. The Kier molecular flexibility index (Phi) is 4.36. The van der Waals surface area contributed by atoms with Crippen LogP contribution in [0.25, 0.3) is 0 Å². The molecule has 0 bridgehead atoms. The molecule has 0 unspecified atom stereocenters. The molecular formula is C14H24NO+. The summed E-state index contributed by atoms with van der Waals surface area (Å²) in [4.78, 5) is 0. The van der Waals surface area contributed by atoms with E-state index in [1.54, 1.807) is 0 Å². The maximum absolute atomic E-state index is 5.70. The van der Waals surface area contributed by atoms with Gasteiger partial charge >= 0.3 is 0 Å². The summed E-state index contributed by atoms with van der Waals surface area (Å²) >= 11 is 0. The summed E-state index contributed by atoms with van der Waals surface area (Å²) in [7, 11) is 6.52. The van der Waals surface area contributed by atoms with Crippen LogP contribution in [0.15, 0.2) is 24.3 Å². The second kappa shape index (κ2) is 5.35. The van der Waals surface area contributed by atoms with Gasteiger partial charge in [0.25, 0.3) is 0 Å². The van der Waals surface area contributed by atoms with Crippen molar-refractivity contribution in [3.63, 3.8) is 0 Å². The molecule has 1 aromatic carbocycles. The molecule has 1 rings (SSSR count). The average Bonchev–Trinajstić information content (AvgIpc) is 2.16. The number of quaternary nitrogens is 1. The van der Waals surface area contributed by atoms with Gasteiger partial charge in [-0.15, -0.1) is 0 Å². The fourth-order valence-corrected chi connectivity index (χ4v) is 1.39. The Morgan fingerprint density at radius 2 is 1.62 bits per heavy atom. The van der Waals surface area contributed by atoms with Crippen LogP contribution >= 0.6 is 0 Å². The normalized spacial score (nSPS) is 11.9. The molecule has 0 spiro atoms. The molecule has 0 fully saturated rings. The van der Waals surface area contributed by atoms with Crippen LogP contribution < -0.4 is 4.74 Å². The van der Waals surface area contributed by atoms with Gasteiger partial charge in [-0.2, -0.15) is 0 Å². The van der Waals surface area contributed by atoms with Crippen LogP contribution in [0.1, 0.15) is 25.3 Å². The molecule has 0 aromatic heterocycles. The smallest absolute Gasteiger partial charge is 0.137 e. The van der Waals surface area contributed by atoms with Crippen LogP contribution in [0.4, 0.5) is 0 Å². The summed E-state index contributed by atoms with van der Waals surface area (Å²) in [5.41, 5.74) is 1.36. The first-order valence-corrected chi connectivity index (χ1v) is 5.92. The Balaban J connectivity index is 2.44.